The number of unbranched alkanes of at least 4 members (excludes halogenated alkanes) is 5. The summed E-state index contributed by atoms with van der Waals surface area (Å²) in [6.07, 6.45) is 8.60. The lowest BCUT2D eigenvalue weighted by molar-refractivity contribution is -0.140. The molecule has 0 aliphatic carbocycles. The molecule has 0 aliphatic rings. The van der Waals surface area contributed by atoms with Crippen LogP contribution in [0.5, 0.6) is 0 Å². The van der Waals surface area contributed by atoms with Gasteiger partial charge in [-0.15, -0.1) is 0 Å². The lowest BCUT2D eigenvalue weighted by atomic mass is 10.0. The van der Waals surface area contributed by atoms with Crippen LogP contribution in [0.3, 0.4) is 0 Å². The monoisotopic (exact) mass is 307 g/mol. The third kappa shape index (κ3) is 7.92. The highest BCUT2D eigenvalue weighted by Gasteiger charge is 2.10. The Balaban J connectivity index is 2.28. The fraction of sp³-hybridized carbons (Fsp3) is 0.684. The van der Waals surface area contributed by atoms with E-state index in [-0.39, 0.29) is 6.29 Å². The van der Waals surface area contributed by atoms with Crippen LogP contribution in [-0.4, -0.2) is 19.8 Å². The Morgan fingerprint density at radius 1 is 0.818 bits per heavy atom. The Hall–Kier alpha value is -0.900. The molecule has 1 aromatic rings. The molecule has 0 atom stereocenters. The molecule has 3 nitrogen and oxygen atoms in total. The standard InChI is InChI=1S/C19H33NO2/c1-3-21-19(22-4-2)18-14-12-17(13-15-18)11-9-7-5-6-8-10-16-20/h12-15,19H,3-11,16,20H2,1-2H3. The molecule has 0 aromatic heterocycles. The summed E-state index contributed by atoms with van der Waals surface area (Å²) >= 11 is 0. The van der Waals surface area contributed by atoms with Crippen LogP contribution in [-0.2, 0) is 15.9 Å². The second kappa shape index (κ2) is 12.6. The van der Waals surface area contributed by atoms with Crippen molar-refractivity contribution >= 4 is 0 Å². The van der Waals surface area contributed by atoms with Crippen molar-refractivity contribution in [2.45, 2.75) is 65.1 Å². The summed E-state index contributed by atoms with van der Waals surface area (Å²) in [6, 6.07) is 8.67. The van der Waals surface area contributed by atoms with Gasteiger partial charge in [0.15, 0.2) is 6.29 Å². The highest BCUT2D eigenvalue weighted by Crippen LogP contribution is 2.20. The van der Waals surface area contributed by atoms with Crippen molar-refractivity contribution in [3.63, 3.8) is 0 Å². The van der Waals surface area contributed by atoms with Crippen LogP contribution in [0.1, 0.15) is 69.8 Å². The molecule has 0 spiro atoms. The van der Waals surface area contributed by atoms with E-state index in [1.807, 2.05) is 13.8 Å². The Morgan fingerprint density at radius 3 is 1.91 bits per heavy atom. The Morgan fingerprint density at radius 2 is 1.36 bits per heavy atom. The molecule has 3 heteroatoms. The van der Waals surface area contributed by atoms with Crippen LogP contribution in [0.4, 0.5) is 0 Å². The maximum atomic E-state index is 5.62. The molecule has 126 valence electrons. The second-order valence-electron chi connectivity index (χ2n) is 5.64. The van der Waals surface area contributed by atoms with Gasteiger partial charge >= 0.3 is 0 Å². The summed E-state index contributed by atoms with van der Waals surface area (Å²) in [4.78, 5) is 0. The van der Waals surface area contributed by atoms with E-state index in [1.54, 1.807) is 0 Å². The average molecular weight is 307 g/mol. The molecular formula is C19H33NO2. The molecule has 0 fully saturated rings. The van der Waals surface area contributed by atoms with Crippen molar-refractivity contribution in [2.75, 3.05) is 19.8 Å². The van der Waals surface area contributed by atoms with E-state index >= 15 is 0 Å². The molecule has 0 heterocycles. The first-order valence-electron chi connectivity index (χ1n) is 8.83. The minimum atomic E-state index is -0.230. The molecule has 0 saturated heterocycles. The van der Waals surface area contributed by atoms with Crippen LogP contribution >= 0.6 is 0 Å². The van der Waals surface area contributed by atoms with E-state index in [2.05, 4.69) is 24.3 Å². The van der Waals surface area contributed by atoms with E-state index in [0.29, 0.717) is 13.2 Å². The fourth-order valence-corrected chi connectivity index (χ4v) is 2.57. The van der Waals surface area contributed by atoms with Gasteiger partial charge in [-0.3, -0.25) is 0 Å². The molecule has 0 aliphatic heterocycles. The van der Waals surface area contributed by atoms with Crippen LogP contribution in [0.15, 0.2) is 24.3 Å². The van der Waals surface area contributed by atoms with Crippen molar-refractivity contribution in [3.05, 3.63) is 35.4 Å². The molecule has 0 radical (unpaired) electrons. The van der Waals surface area contributed by atoms with Crippen molar-refractivity contribution in [1.82, 2.24) is 0 Å². The third-order valence-corrected chi connectivity index (χ3v) is 3.81. The lowest BCUT2D eigenvalue weighted by Crippen LogP contribution is -2.08. The average Bonchev–Trinajstić information content (AvgIpc) is 2.54. The zero-order chi connectivity index (χ0) is 16.0. The van der Waals surface area contributed by atoms with Gasteiger partial charge in [0.05, 0.1) is 0 Å². The molecule has 1 aromatic carbocycles. The second-order valence-corrected chi connectivity index (χ2v) is 5.64. The summed E-state index contributed by atoms with van der Waals surface area (Å²) < 4.78 is 11.2. The first kappa shape index (κ1) is 19.1. The SMILES string of the molecule is CCOC(OCC)c1ccc(CCCCCCCCN)cc1. The van der Waals surface area contributed by atoms with E-state index < -0.39 is 0 Å². The van der Waals surface area contributed by atoms with E-state index in [4.69, 9.17) is 15.2 Å². The Labute approximate surface area is 136 Å². The number of hydrogen-bond donors (Lipinski definition) is 1. The summed E-state index contributed by atoms with van der Waals surface area (Å²) in [5, 5.41) is 0. The van der Waals surface area contributed by atoms with Gasteiger partial charge in [0.1, 0.15) is 0 Å². The molecule has 2 N–H and O–H groups in total. The quantitative estimate of drug-likeness (QED) is 0.428. The smallest absolute Gasteiger partial charge is 0.183 e. The lowest BCUT2D eigenvalue weighted by Gasteiger charge is -2.17. The normalized spacial score (nSPS) is 11.3. The van der Waals surface area contributed by atoms with E-state index in [9.17, 15) is 0 Å². The van der Waals surface area contributed by atoms with Gasteiger partial charge in [0.25, 0.3) is 0 Å². The first-order valence-corrected chi connectivity index (χ1v) is 8.83. The highest BCUT2D eigenvalue weighted by atomic mass is 16.7. The predicted molar refractivity (Wildman–Crippen MR) is 92.9 cm³/mol. The molecule has 0 saturated carbocycles. The topological polar surface area (TPSA) is 44.5 Å². The summed E-state index contributed by atoms with van der Waals surface area (Å²) in [5.41, 5.74) is 8.01. The Kier molecular flexibility index (Phi) is 11.0. The number of benzene rings is 1. The van der Waals surface area contributed by atoms with Crippen LogP contribution < -0.4 is 5.73 Å². The minimum Gasteiger partial charge on any atom is -0.349 e. The maximum absolute atomic E-state index is 5.62. The van der Waals surface area contributed by atoms with Crippen molar-refractivity contribution < 1.29 is 9.47 Å². The van der Waals surface area contributed by atoms with E-state index in [1.165, 1.54) is 44.1 Å². The Bertz CT molecular complexity index is 358. The third-order valence-electron chi connectivity index (χ3n) is 3.81. The molecule has 0 amide bonds. The van der Waals surface area contributed by atoms with Gasteiger partial charge in [0.2, 0.25) is 0 Å². The number of ether oxygens (including phenoxy) is 2. The van der Waals surface area contributed by atoms with Crippen LogP contribution in [0.2, 0.25) is 0 Å². The van der Waals surface area contributed by atoms with Crippen molar-refractivity contribution in [2.24, 2.45) is 5.73 Å². The summed E-state index contributed by atoms with van der Waals surface area (Å²) in [5.74, 6) is 0. The van der Waals surface area contributed by atoms with Gasteiger partial charge in [-0.05, 0) is 45.2 Å². The van der Waals surface area contributed by atoms with E-state index in [0.717, 1.165) is 18.5 Å². The number of rotatable bonds is 13. The molecular weight excluding hydrogens is 274 g/mol. The van der Waals surface area contributed by atoms with Gasteiger partial charge in [-0.25, -0.2) is 0 Å². The zero-order valence-electron chi connectivity index (χ0n) is 14.4. The van der Waals surface area contributed by atoms with Gasteiger partial charge in [-0.2, -0.15) is 0 Å². The molecule has 0 unspecified atom stereocenters. The minimum absolute atomic E-state index is 0.230. The van der Waals surface area contributed by atoms with Gasteiger partial charge < -0.3 is 15.2 Å². The van der Waals surface area contributed by atoms with Crippen molar-refractivity contribution in [1.29, 1.82) is 0 Å². The van der Waals surface area contributed by atoms with Gasteiger partial charge in [0, 0.05) is 18.8 Å². The van der Waals surface area contributed by atoms with Crippen molar-refractivity contribution in [3.8, 4) is 0 Å². The number of hydrogen-bond acceptors (Lipinski definition) is 3. The van der Waals surface area contributed by atoms with Gasteiger partial charge in [-0.1, -0.05) is 49.9 Å². The fourth-order valence-electron chi connectivity index (χ4n) is 2.57. The molecule has 22 heavy (non-hydrogen) atoms. The predicted octanol–water partition coefficient (Wildman–Crippen LogP) is 4.60. The number of nitrogens with two attached hydrogens (primary N) is 1. The van der Waals surface area contributed by atoms with Crippen LogP contribution in [0, 0.1) is 0 Å². The largest absolute Gasteiger partial charge is 0.349 e. The number of aryl methyl sites for hydroxylation is 1. The first-order chi connectivity index (χ1) is 10.8. The van der Waals surface area contributed by atoms with Crippen LogP contribution in [0.25, 0.3) is 0 Å². The maximum Gasteiger partial charge on any atom is 0.183 e. The summed E-state index contributed by atoms with van der Waals surface area (Å²) in [6.45, 7) is 6.14. The highest BCUT2D eigenvalue weighted by molar-refractivity contribution is 5.23. The molecule has 1 rings (SSSR count). The summed E-state index contributed by atoms with van der Waals surface area (Å²) in [7, 11) is 0. The molecule has 0 bridgehead atoms. The zero-order valence-corrected chi connectivity index (χ0v) is 14.4.